The fourth-order valence-corrected chi connectivity index (χ4v) is 4.30. The molecule has 0 heterocycles. The molecule has 124 valence electrons. The zero-order valence-electron chi connectivity index (χ0n) is 13.5. The first-order valence-corrected chi connectivity index (χ1v) is 7.85. The third-order valence-corrected chi connectivity index (χ3v) is 6.37. The summed E-state index contributed by atoms with van der Waals surface area (Å²) in [6.45, 7) is 6.57. The van der Waals surface area contributed by atoms with Crippen LogP contribution in [0.25, 0.3) is 0 Å². The van der Waals surface area contributed by atoms with Gasteiger partial charge in [-0.25, -0.2) is 4.79 Å². The molecule has 3 atom stereocenters. The molecule has 0 aliphatic heterocycles. The monoisotopic (exact) mass is 319 g/mol. The lowest BCUT2D eigenvalue weighted by Gasteiger charge is -2.38. The van der Waals surface area contributed by atoms with Gasteiger partial charge in [-0.3, -0.25) is 10.1 Å². The molecule has 1 N–H and O–H groups in total. The van der Waals surface area contributed by atoms with Gasteiger partial charge in [-0.2, -0.15) is 0 Å². The van der Waals surface area contributed by atoms with Crippen molar-refractivity contribution in [2.75, 3.05) is 0 Å². The smallest absolute Gasteiger partial charge is 0.342 e. The standard InChI is InChI=1S/C17H21NO5/c1-16(2)10-6-7-17(16,3)14(8-10)23-15(20)12-9-11(18(21)22)4-5-13(12)19/h4-5,9-10,14,19H,6-8H2,1-3H3. The number of ether oxygens (including phenoxy) is 1. The Bertz CT molecular complexity index is 684. The number of phenolic OH excluding ortho intramolecular Hbond substituents is 1. The van der Waals surface area contributed by atoms with E-state index in [4.69, 9.17) is 4.74 Å². The third kappa shape index (κ3) is 2.19. The summed E-state index contributed by atoms with van der Waals surface area (Å²) in [6, 6.07) is 3.38. The Labute approximate surface area is 134 Å². The van der Waals surface area contributed by atoms with Crippen LogP contribution in [0.4, 0.5) is 5.69 Å². The number of aromatic hydroxyl groups is 1. The molecule has 0 saturated heterocycles. The molecule has 6 heteroatoms. The summed E-state index contributed by atoms with van der Waals surface area (Å²) >= 11 is 0. The molecule has 2 saturated carbocycles. The van der Waals surface area contributed by atoms with Crippen LogP contribution < -0.4 is 0 Å². The number of rotatable bonds is 3. The first kappa shape index (κ1) is 15.8. The highest BCUT2D eigenvalue weighted by atomic mass is 16.6. The number of nitro benzene ring substituents is 1. The van der Waals surface area contributed by atoms with Gasteiger partial charge in [0.25, 0.3) is 5.69 Å². The highest BCUT2D eigenvalue weighted by Gasteiger charge is 2.62. The average Bonchev–Trinajstić information content (AvgIpc) is 2.80. The Morgan fingerprint density at radius 2 is 2.09 bits per heavy atom. The number of carbonyl (C=O) groups is 1. The number of nitro groups is 1. The topological polar surface area (TPSA) is 89.7 Å². The number of phenols is 1. The number of benzene rings is 1. The van der Waals surface area contributed by atoms with Crippen LogP contribution >= 0.6 is 0 Å². The summed E-state index contributed by atoms with van der Waals surface area (Å²) < 4.78 is 5.66. The zero-order chi connectivity index (χ0) is 17.0. The summed E-state index contributed by atoms with van der Waals surface area (Å²) in [5, 5.41) is 20.7. The van der Waals surface area contributed by atoms with E-state index in [1.807, 2.05) is 0 Å². The summed E-state index contributed by atoms with van der Waals surface area (Å²) in [7, 11) is 0. The maximum atomic E-state index is 12.4. The van der Waals surface area contributed by atoms with Gasteiger partial charge in [-0.15, -0.1) is 0 Å². The minimum absolute atomic E-state index is 0.0936. The number of hydrogen-bond acceptors (Lipinski definition) is 5. The van der Waals surface area contributed by atoms with Gasteiger partial charge in [0.2, 0.25) is 0 Å². The maximum Gasteiger partial charge on any atom is 0.342 e. The van der Waals surface area contributed by atoms with Gasteiger partial charge in [-0.1, -0.05) is 20.8 Å². The molecule has 0 radical (unpaired) electrons. The van der Waals surface area contributed by atoms with Crippen LogP contribution in [0.5, 0.6) is 5.75 Å². The Morgan fingerprint density at radius 1 is 1.39 bits per heavy atom. The van der Waals surface area contributed by atoms with Crippen molar-refractivity contribution in [1.82, 2.24) is 0 Å². The Balaban J connectivity index is 1.84. The van der Waals surface area contributed by atoms with Crippen molar-refractivity contribution < 1.29 is 19.6 Å². The Morgan fingerprint density at radius 3 is 2.61 bits per heavy atom. The van der Waals surface area contributed by atoms with E-state index in [1.54, 1.807) is 0 Å². The molecule has 2 bridgehead atoms. The lowest BCUT2D eigenvalue weighted by atomic mass is 9.70. The minimum atomic E-state index is -0.694. The number of non-ortho nitro benzene ring substituents is 1. The second-order valence-electron chi connectivity index (χ2n) is 7.46. The van der Waals surface area contributed by atoms with Crippen molar-refractivity contribution in [3.05, 3.63) is 33.9 Å². The van der Waals surface area contributed by atoms with E-state index >= 15 is 0 Å². The average molecular weight is 319 g/mol. The van der Waals surface area contributed by atoms with Crippen LogP contribution in [-0.4, -0.2) is 22.1 Å². The number of carbonyl (C=O) groups excluding carboxylic acids is 1. The first-order chi connectivity index (χ1) is 10.7. The molecule has 2 aliphatic rings. The predicted octanol–water partition coefficient (Wildman–Crippen LogP) is 3.67. The van der Waals surface area contributed by atoms with Gasteiger partial charge >= 0.3 is 5.97 Å². The molecule has 0 amide bonds. The van der Waals surface area contributed by atoms with E-state index in [0.717, 1.165) is 37.5 Å². The molecule has 3 unspecified atom stereocenters. The molecular formula is C17H21NO5. The van der Waals surface area contributed by atoms with Crippen molar-refractivity contribution in [1.29, 1.82) is 0 Å². The largest absolute Gasteiger partial charge is 0.507 e. The molecule has 23 heavy (non-hydrogen) atoms. The van der Waals surface area contributed by atoms with Gasteiger partial charge in [0, 0.05) is 17.5 Å². The van der Waals surface area contributed by atoms with Crippen LogP contribution in [0, 0.1) is 26.9 Å². The number of hydrogen-bond donors (Lipinski definition) is 1. The zero-order valence-corrected chi connectivity index (χ0v) is 13.5. The molecular weight excluding hydrogens is 298 g/mol. The SMILES string of the molecule is CC1(C)C2CCC1(C)C(OC(=O)c1cc([N+](=O)[O-])ccc1O)C2. The van der Waals surface area contributed by atoms with E-state index in [1.165, 1.54) is 0 Å². The third-order valence-electron chi connectivity index (χ3n) is 6.37. The van der Waals surface area contributed by atoms with E-state index < -0.39 is 10.9 Å². The maximum absolute atomic E-state index is 12.4. The van der Waals surface area contributed by atoms with Gasteiger partial charge in [0.15, 0.2) is 0 Å². The fourth-order valence-electron chi connectivity index (χ4n) is 4.30. The van der Waals surface area contributed by atoms with Crippen molar-refractivity contribution in [2.45, 2.75) is 46.1 Å². The van der Waals surface area contributed by atoms with E-state index in [2.05, 4.69) is 20.8 Å². The quantitative estimate of drug-likeness (QED) is 0.521. The predicted molar refractivity (Wildman–Crippen MR) is 83.2 cm³/mol. The number of nitrogens with zero attached hydrogens (tertiary/aromatic N) is 1. The van der Waals surface area contributed by atoms with E-state index in [-0.39, 0.29) is 33.9 Å². The van der Waals surface area contributed by atoms with E-state index in [9.17, 15) is 20.0 Å². The fraction of sp³-hybridized carbons (Fsp3) is 0.588. The lowest BCUT2D eigenvalue weighted by Crippen LogP contribution is -2.38. The molecule has 1 aromatic rings. The Hall–Kier alpha value is -2.11. The first-order valence-electron chi connectivity index (χ1n) is 7.85. The second kappa shape index (κ2) is 4.94. The van der Waals surface area contributed by atoms with Crippen molar-refractivity contribution in [2.24, 2.45) is 16.7 Å². The summed E-state index contributed by atoms with van der Waals surface area (Å²) in [5.41, 5.74) is -0.385. The van der Waals surface area contributed by atoms with Crippen LogP contribution in [0.3, 0.4) is 0 Å². The van der Waals surface area contributed by atoms with Crippen LogP contribution in [0.2, 0.25) is 0 Å². The molecule has 6 nitrogen and oxygen atoms in total. The molecule has 0 aromatic heterocycles. The van der Waals surface area contributed by atoms with Crippen molar-refractivity contribution in [3.63, 3.8) is 0 Å². The summed E-state index contributed by atoms with van der Waals surface area (Å²) in [5.74, 6) is -0.474. The van der Waals surface area contributed by atoms with Gasteiger partial charge < -0.3 is 9.84 Å². The van der Waals surface area contributed by atoms with Crippen LogP contribution in [-0.2, 0) is 4.74 Å². The molecule has 1 aromatic carbocycles. The molecule has 3 rings (SSSR count). The number of fused-ring (bicyclic) bond motifs is 2. The van der Waals surface area contributed by atoms with Gasteiger partial charge in [0.1, 0.15) is 17.4 Å². The van der Waals surface area contributed by atoms with Crippen LogP contribution in [0.1, 0.15) is 50.4 Å². The Kier molecular flexibility index (Phi) is 3.39. The highest BCUT2D eigenvalue weighted by Crippen LogP contribution is 2.66. The molecule has 2 aliphatic carbocycles. The normalized spacial score (nSPS) is 31.1. The number of esters is 1. The second-order valence-corrected chi connectivity index (χ2v) is 7.46. The molecule has 2 fully saturated rings. The highest BCUT2D eigenvalue weighted by molar-refractivity contribution is 5.93. The summed E-state index contributed by atoms with van der Waals surface area (Å²) in [4.78, 5) is 22.7. The van der Waals surface area contributed by atoms with Crippen molar-refractivity contribution >= 4 is 11.7 Å². The van der Waals surface area contributed by atoms with E-state index in [0.29, 0.717) is 5.92 Å². The van der Waals surface area contributed by atoms with Crippen LogP contribution in [0.15, 0.2) is 18.2 Å². The molecule has 0 spiro atoms. The minimum Gasteiger partial charge on any atom is -0.507 e. The lowest BCUT2D eigenvalue weighted by molar-refractivity contribution is -0.384. The summed E-state index contributed by atoms with van der Waals surface area (Å²) in [6.07, 6.45) is 2.73. The van der Waals surface area contributed by atoms with Gasteiger partial charge in [0.05, 0.1) is 4.92 Å². The van der Waals surface area contributed by atoms with Gasteiger partial charge in [-0.05, 0) is 36.7 Å². The van der Waals surface area contributed by atoms with Crippen molar-refractivity contribution in [3.8, 4) is 5.75 Å².